The van der Waals surface area contributed by atoms with E-state index in [2.05, 4.69) is 10.8 Å². The second-order valence-electron chi connectivity index (χ2n) is 2.51. The molecule has 3 heteroatoms. The second kappa shape index (κ2) is 4.26. The van der Waals surface area contributed by atoms with E-state index in [1.807, 2.05) is 25.3 Å². The molecule has 1 aromatic carbocycles. The Labute approximate surface area is 77.4 Å². The molecule has 0 unspecified atom stereocenters. The number of nitrogens with one attached hydrogen (secondary N) is 1. The lowest BCUT2D eigenvalue weighted by molar-refractivity contribution is 0.416. The van der Waals surface area contributed by atoms with Gasteiger partial charge in [-0.15, -0.1) is 0 Å². The maximum absolute atomic E-state index is 5.20. The van der Waals surface area contributed by atoms with E-state index in [0.29, 0.717) is 0 Å². The van der Waals surface area contributed by atoms with Gasteiger partial charge in [-0.3, -0.25) is 0 Å². The van der Waals surface area contributed by atoms with Crippen LogP contribution in [0, 0.1) is 6.92 Å². The van der Waals surface area contributed by atoms with Gasteiger partial charge in [0.25, 0.3) is 0 Å². The topological polar surface area (TPSA) is 21.3 Å². The molecule has 1 aromatic rings. The minimum atomic E-state index is 0.893. The first-order chi connectivity index (χ1) is 5.77. The molecule has 0 spiro atoms. The molecule has 0 radical (unpaired) electrons. The van der Waals surface area contributed by atoms with Crippen LogP contribution in [0.5, 0.6) is 5.75 Å². The number of hydrogen-bond donors (Lipinski definition) is 1. The highest BCUT2D eigenvalue weighted by Crippen LogP contribution is 2.26. The Morgan fingerprint density at radius 1 is 1.42 bits per heavy atom. The predicted octanol–water partition coefficient (Wildman–Crippen LogP) is 2.69. The van der Waals surface area contributed by atoms with E-state index in [-0.39, 0.29) is 0 Å². The van der Waals surface area contributed by atoms with Crippen molar-refractivity contribution in [3.8, 4) is 5.75 Å². The molecule has 0 amide bonds. The van der Waals surface area contributed by atoms with E-state index in [1.54, 1.807) is 19.1 Å². The van der Waals surface area contributed by atoms with Gasteiger partial charge in [-0.25, -0.2) is 0 Å². The molecule has 0 saturated carbocycles. The maximum atomic E-state index is 5.20. The first-order valence-corrected chi connectivity index (χ1v) is 4.94. The van der Waals surface area contributed by atoms with Gasteiger partial charge < -0.3 is 9.46 Å². The Balaban J connectivity index is 2.94. The smallest absolute Gasteiger partial charge is 0.143 e. The number of ether oxygens (including phenoxy) is 1. The second-order valence-corrected chi connectivity index (χ2v) is 3.12. The third kappa shape index (κ3) is 2.08. The normalized spacial score (nSPS) is 9.58. The summed E-state index contributed by atoms with van der Waals surface area (Å²) in [5, 5.41) is 0. The lowest BCUT2D eigenvalue weighted by atomic mass is 10.2. The van der Waals surface area contributed by atoms with Gasteiger partial charge in [-0.1, -0.05) is 18.0 Å². The molecule has 0 saturated heterocycles. The van der Waals surface area contributed by atoms with Crippen molar-refractivity contribution in [2.75, 3.05) is 18.1 Å². The Hall–Kier alpha value is -0.830. The van der Waals surface area contributed by atoms with E-state index in [1.165, 1.54) is 5.56 Å². The Kier molecular flexibility index (Phi) is 3.29. The van der Waals surface area contributed by atoms with Gasteiger partial charge >= 0.3 is 0 Å². The molecule has 2 nitrogen and oxygen atoms in total. The summed E-state index contributed by atoms with van der Waals surface area (Å²) >= 11 is 1.56. The summed E-state index contributed by atoms with van der Waals surface area (Å²) in [6, 6.07) is 6.09. The van der Waals surface area contributed by atoms with E-state index in [9.17, 15) is 0 Å². The van der Waals surface area contributed by atoms with Gasteiger partial charge in [0.2, 0.25) is 0 Å². The first-order valence-electron chi connectivity index (χ1n) is 3.71. The molecule has 0 aromatic heterocycles. The lowest BCUT2D eigenvalue weighted by Gasteiger charge is -2.08. The van der Waals surface area contributed by atoms with Crippen molar-refractivity contribution in [1.29, 1.82) is 0 Å². The molecule has 1 rings (SSSR count). The van der Waals surface area contributed by atoms with Gasteiger partial charge in [0.05, 0.1) is 12.8 Å². The van der Waals surface area contributed by atoms with Crippen molar-refractivity contribution < 1.29 is 4.74 Å². The van der Waals surface area contributed by atoms with Crippen LogP contribution in [-0.2, 0) is 0 Å². The summed E-state index contributed by atoms with van der Waals surface area (Å²) in [5.41, 5.74) is 2.23. The van der Waals surface area contributed by atoms with Crippen LogP contribution in [0.4, 0.5) is 5.69 Å². The van der Waals surface area contributed by atoms with Crippen LogP contribution < -0.4 is 9.46 Å². The van der Waals surface area contributed by atoms with E-state index >= 15 is 0 Å². The molecule has 0 bridgehead atoms. The van der Waals surface area contributed by atoms with Crippen molar-refractivity contribution in [3.05, 3.63) is 23.8 Å². The van der Waals surface area contributed by atoms with Gasteiger partial charge in [0.1, 0.15) is 5.75 Å². The number of aryl methyl sites for hydroxylation is 1. The van der Waals surface area contributed by atoms with Crippen LogP contribution in [0.15, 0.2) is 18.2 Å². The lowest BCUT2D eigenvalue weighted by Crippen LogP contribution is -1.91. The standard InChI is InChI=1S/C9H13NOS/c1-7-4-5-8(10-12-3)9(6-7)11-2/h4-6,10H,1-3H3. The minimum absolute atomic E-state index is 0.893. The van der Waals surface area contributed by atoms with Gasteiger partial charge in [-0.2, -0.15) is 0 Å². The van der Waals surface area contributed by atoms with Crippen molar-refractivity contribution in [2.24, 2.45) is 0 Å². The van der Waals surface area contributed by atoms with E-state index in [4.69, 9.17) is 4.74 Å². The molecule has 0 heterocycles. The zero-order chi connectivity index (χ0) is 8.97. The molecule has 1 N–H and O–H groups in total. The van der Waals surface area contributed by atoms with Gasteiger partial charge in [-0.05, 0) is 24.6 Å². The van der Waals surface area contributed by atoms with Crippen molar-refractivity contribution in [3.63, 3.8) is 0 Å². The number of benzene rings is 1. The largest absolute Gasteiger partial charge is 0.495 e. The number of methoxy groups -OCH3 is 1. The highest BCUT2D eigenvalue weighted by atomic mass is 32.2. The van der Waals surface area contributed by atoms with Crippen LogP contribution in [0.2, 0.25) is 0 Å². The fourth-order valence-electron chi connectivity index (χ4n) is 0.993. The summed E-state index contributed by atoms with van der Waals surface area (Å²) in [7, 11) is 1.68. The zero-order valence-electron chi connectivity index (χ0n) is 7.55. The Morgan fingerprint density at radius 2 is 2.17 bits per heavy atom. The van der Waals surface area contributed by atoms with Gasteiger partial charge in [0, 0.05) is 6.26 Å². The van der Waals surface area contributed by atoms with Gasteiger partial charge in [0.15, 0.2) is 0 Å². The van der Waals surface area contributed by atoms with Crippen molar-refractivity contribution in [1.82, 2.24) is 0 Å². The van der Waals surface area contributed by atoms with Crippen LogP contribution in [0.3, 0.4) is 0 Å². The minimum Gasteiger partial charge on any atom is -0.495 e. The summed E-state index contributed by atoms with van der Waals surface area (Å²) < 4.78 is 8.35. The van der Waals surface area contributed by atoms with Crippen molar-refractivity contribution in [2.45, 2.75) is 6.92 Å². The summed E-state index contributed by atoms with van der Waals surface area (Å²) in [6.45, 7) is 2.05. The zero-order valence-corrected chi connectivity index (χ0v) is 8.37. The summed E-state index contributed by atoms with van der Waals surface area (Å²) in [4.78, 5) is 0. The number of hydrogen-bond acceptors (Lipinski definition) is 3. The molecule has 0 atom stereocenters. The van der Waals surface area contributed by atoms with E-state index < -0.39 is 0 Å². The fraction of sp³-hybridized carbons (Fsp3) is 0.333. The highest BCUT2D eigenvalue weighted by molar-refractivity contribution is 7.99. The third-order valence-electron chi connectivity index (χ3n) is 1.57. The number of anilines is 1. The molecule has 0 aliphatic rings. The molecule has 66 valence electrons. The van der Waals surface area contributed by atoms with Crippen LogP contribution >= 0.6 is 11.9 Å². The number of rotatable bonds is 3. The average molecular weight is 183 g/mol. The third-order valence-corrected chi connectivity index (χ3v) is 1.99. The molecule has 0 aliphatic carbocycles. The quantitative estimate of drug-likeness (QED) is 0.728. The molecule has 0 fully saturated rings. The highest BCUT2D eigenvalue weighted by Gasteiger charge is 2.00. The SMILES string of the molecule is COc1cc(C)ccc1NSC. The molecule has 0 aliphatic heterocycles. The van der Waals surface area contributed by atoms with E-state index in [0.717, 1.165) is 11.4 Å². The summed E-state index contributed by atoms with van der Waals surface area (Å²) in [6.07, 6.45) is 1.99. The predicted molar refractivity (Wildman–Crippen MR) is 54.9 cm³/mol. The van der Waals surface area contributed by atoms with Crippen LogP contribution in [-0.4, -0.2) is 13.4 Å². The Morgan fingerprint density at radius 3 is 2.75 bits per heavy atom. The molecular weight excluding hydrogens is 170 g/mol. The average Bonchev–Trinajstić information content (AvgIpc) is 2.08. The fourth-order valence-corrected chi connectivity index (χ4v) is 1.38. The maximum Gasteiger partial charge on any atom is 0.143 e. The summed E-state index contributed by atoms with van der Waals surface area (Å²) in [5.74, 6) is 0.893. The van der Waals surface area contributed by atoms with Crippen LogP contribution in [0.1, 0.15) is 5.56 Å². The molecular formula is C9H13NOS. The monoisotopic (exact) mass is 183 g/mol. The molecule has 12 heavy (non-hydrogen) atoms. The van der Waals surface area contributed by atoms with Crippen LogP contribution in [0.25, 0.3) is 0 Å². The van der Waals surface area contributed by atoms with Crippen molar-refractivity contribution >= 4 is 17.6 Å². The Bertz CT molecular complexity index is 263. The first kappa shape index (κ1) is 9.26.